The van der Waals surface area contributed by atoms with Gasteiger partial charge in [-0.1, -0.05) is 26.3 Å². The van der Waals surface area contributed by atoms with E-state index >= 15 is 0 Å². The zero-order valence-corrected chi connectivity index (χ0v) is 10.2. The van der Waals surface area contributed by atoms with Crippen LogP contribution in [0.4, 0.5) is 0 Å². The number of hydrogen-bond donors (Lipinski definition) is 0. The van der Waals surface area contributed by atoms with Gasteiger partial charge in [-0.2, -0.15) is 0 Å². The fraction of sp³-hybridized carbons (Fsp3) is 0.500. The number of esters is 1. The molecule has 0 spiro atoms. The standard InChI is InChI=1S/C14H18O2/c1-4-5-9(2)11-6-7-12-13(10(11)3)8-16-14(12)15/h6-7,9H,4-5,8H2,1-3H3. The van der Waals surface area contributed by atoms with Gasteiger partial charge in [0.1, 0.15) is 6.61 Å². The van der Waals surface area contributed by atoms with Gasteiger partial charge in [0, 0.05) is 5.56 Å². The van der Waals surface area contributed by atoms with E-state index in [1.165, 1.54) is 24.0 Å². The molecule has 1 aromatic rings. The first kappa shape index (κ1) is 11.2. The Morgan fingerprint density at radius 1 is 1.44 bits per heavy atom. The molecule has 0 aromatic heterocycles. The largest absolute Gasteiger partial charge is 0.457 e. The lowest BCUT2D eigenvalue weighted by Gasteiger charge is -2.15. The van der Waals surface area contributed by atoms with Gasteiger partial charge in [-0.25, -0.2) is 4.79 Å². The first-order valence-corrected chi connectivity index (χ1v) is 5.94. The second-order valence-electron chi connectivity index (χ2n) is 4.57. The van der Waals surface area contributed by atoms with E-state index in [-0.39, 0.29) is 5.97 Å². The van der Waals surface area contributed by atoms with E-state index in [4.69, 9.17) is 4.74 Å². The Labute approximate surface area is 96.6 Å². The fourth-order valence-electron chi connectivity index (χ4n) is 2.49. The van der Waals surface area contributed by atoms with Crippen molar-refractivity contribution in [3.8, 4) is 0 Å². The SMILES string of the molecule is CCCC(C)c1ccc2c(c1C)COC2=O. The number of ether oxygens (including phenoxy) is 1. The summed E-state index contributed by atoms with van der Waals surface area (Å²) in [5.74, 6) is 0.388. The fourth-order valence-corrected chi connectivity index (χ4v) is 2.49. The highest BCUT2D eigenvalue weighted by molar-refractivity contribution is 5.93. The molecule has 0 radical (unpaired) electrons. The minimum atomic E-state index is -0.173. The summed E-state index contributed by atoms with van der Waals surface area (Å²) < 4.78 is 5.06. The van der Waals surface area contributed by atoms with Crippen molar-refractivity contribution in [1.82, 2.24) is 0 Å². The predicted molar refractivity (Wildman–Crippen MR) is 63.6 cm³/mol. The zero-order valence-electron chi connectivity index (χ0n) is 10.2. The number of carbonyl (C=O) groups is 1. The van der Waals surface area contributed by atoms with E-state index in [1.807, 2.05) is 6.07 Å². The van der Waals surface area contributed by atoms with Crippen LogP contribution in [0.1, 0.15) is 59.7 Å². The molecule has 0 saturated heterocycles. The smallest absolute Gasteiger partial charge is 0.338 e. The molecule has 1 aliphatic heterocycles. The molecule has 86 valence electrons. The van der Waals surface area contributed by atoms with E-state index in [1.54, 1.807) is 0 Å². The average Bonchev–Trinajstić information content (AvgIpc) is 2.62. The molecule has 0 fully saturated rings. The van der Waals surface area contributed by atoms with Gasteiger partial charge < -0.3 is 4.74 Å². The molecule has 1 heterocycles. The maximum atomic E-state index is 11.4. The molecule has 0 N–H and O–H groups in total. The van der Waals surface area contributed by atoms with E-state index in [2.05, 4.69) is 26.8 Å². The van der Waals surface area contributed by atoms with Gasteiger partial charge in [-0.15, -0.1) is 0 Å². The molecule has 0 saturated carbocycles. The monoisotopic (exact) mass is 218 g/mol. The summed E-state index contributed by atoms with van der Waals surface area (Å²) in [6.45, 7) is 7.00. The minimum Gasteiger partial charge on any atom is -0.457 e. The quantitative estimate of drug-likeness (QED) is 0.725. The molecule has 0 bridgehead atoms. The number of rotatable bonds is 3. The summed E-state index contributed by atoms with van der Waals surface area (Å²) in [5.41, 5.74) is 4.44. The van der Waals surface area contributed by atoms with Crippen LogP contribution >= 0.6 is 0 Å². The zero-order chi connectivity index (χ0) is 11.7. The Morgan fingerprint density at radius 2 is 2.19 bits per heavy atom. The summed E-state index contributed by atoms with van der Waals surface area (Å²) in [4.78, 5) is 11.4. The lowest BCUT2D eigenvalue weighted by atomic mass is 9.89. The Morgan fingerprint density at radius 3 is 2.88 bits per heavy atom. The van der Waals surface area contributed by atoms with Crippen molar-refractivity contribution in [2.45, 2.75) is 46.1 Å². The lowest BCUT2D eigenvalue weighted by molar-refractivity contribution is 0.0535. The second kappa shape index (κ2) is 4.28. The van der Waals surface area contributed by atoms with Crippen molar-refractivity contribution in [2.75, 3.05) is 0 Å². The number of hydrogen-bond acceptors (Lipinski definition) is 2. The summed E-state index contributed by atoms with van der Waals surface area (Å²) in [6, 6.07) is 4.00. The number of carbonyl (C=O) groups excluding carboxylic acids is 1. The van der Waals surface area contributed by atoms with Gasteiger partial charge in [0.05, 0.1) is 5.56 Å². The van der Waals surface area contributed by atoms with Crippen molar-refractivity contribution in [2.24, 2.45) is 0 Å². The van der Waals surface area contributed by atoms with Crippen LogP contribution in [0.5, 0.6) is 0 Å². The van der Waals surface area contributed by atoms with Crippen LogP contribution in [0.3, 0.4) is 0 Å². The molecule has 16 heavy (non-hydrogen) atoms. The van der Waals surface area contributed by atoms with Gasteiger partial charge in [0.25, 0.3) is 0 Å². The predicted octanol–water partition coefficient (Wildman–Crippen LogP) is 3.57. The van der Waals surface area contributed by atoms with E-state index in [0.29, 0.717) is 12.5 Å². The molecule has 2 heteroatoms. The van der Waals surface area contributed by atoms with Crippen molar-refractivity contribution < 1.29 is 9.53 Å². The summed E-state index contributed by atoms with van der Waals surface area (Å²) >= 11 is 0. The number of cyclic esters (lactones) is 1. The minimum absolute atomic E-state index is 0.173. The third-order valence-electron chi connectivity index (χ3n) is 3.46. The highest BCUT2D eigenvalue weighted by Crippen LogP contribution is 2.31. The molecule has 1 aliphatic rings. The van der Waals surface area contributed by atoms with Crippen LogP contribution in [0.2, 0.25) is 0 Å². The Bertz CT molecular complexity index is 421. The van der Waals surface area contributed by atoms with Crippen molar-refractivity contribution in [3.05, 3.63) is 34.4 Å². The van der Waals surface area contributed by atoms with Crippen molar-refractivity contribution in [3.63, 3.8) is 0 Å². The molecule has 0 amide bonds. The van der Waals surface area contributed by atoms with Crippen LogP contribution < -0.4 is 0 Å². The number of benzene rings is 1. The highest BCUT2D eigenvalue weighted by Gasteiger charge is 2.24. The third-order valence-corrected chi connectivity index (χ3v) is 3.46. The molecule has 0 aliphatic carbocycles. The highest BCUT2D eigenvalue weighted by atomic mass is 16.5. The molecule has 2 rings (SSSR count). The molecule has 1 aromatic carbocycles. The van der Waals surface area contributed by atoms with Gasteiger partial charge in [-0.3, -0.25) is 0 Å². The molecular formula is C14H18O2. The maximum Gasteiger partial charge on any atom is 0.338 e. The van der Waals surface area contributed by atoms with Crippen LogP contribution in [-0.4, -0.2) is 5.97 Å². The lowest BCUT2D eigenvalue weighted by Crippen LogP contribution is -2.01. The normalized spacial score (nSPS) is 15.8. The van der Waals surface area contributed by atoms with Crippen LogP contribution in [0, 0.1) is 6.92 Å². The maximum absolute atomic E-state index is 11.4. The Hall–Kier alpha value is -1.31. The van der Waals surface area contributed by atoms with Gasteiger partial charge in [-0.05, 0) is 36.5 Å². The van der Waals surface area contributed by atoms with E-state index < -0.39 is 0 Å². The number of fused-ring (bicyclic) bond motifs is 1. The molecule has 1 unspecified atom stereocenters. The van der Waals surface area contributed by atoms with Gasteiger partial charge >= 0.3 is 5.97 Å². The molecular weight excluding hydrogens is 200 g/mol. The molecule has 1 atom stereocenters. The van der Waals surface area contributed by atoms with Crippen LogP contribution in [0.15, 0.2) is 12.1 Å². The van der Waals surface area contributed by atoms with E-state index in [0.717, 1.165) is 11.1 Å². The van der Waals surface area contributed by atoms with Crippen LogP contribution in [-0.2, 0) is 11.3 Å². The molecule has 2 nitrogen and oxygen atoms in total. The Kier molecular flexibility index (Phi) is 2.99. The Balaban J connectivity index is 2.40. The summed E-state index contributed by atoms with van der Waals surface area (Å²) in [5, 5.41) is 0. The van der Waals surface area contributed by atoms with E-state index in [9.17, 15) is 4.79 Å². The van der Waals surface area contributed by atoms with Crippen molar-refractivity contribution in [1.29, 1.82) is 0 Å². The third kappa shape index (κ3) is 1.73. The first-order chi connectivity index (χ1) is 7.65. The van der Waals surface area contributed by atoms with Crippen molar-refractivity contribution >= 4 is 5.97 Å². The second-order valence-corrected chi connectivity index (χ2v) is 4.57. The van der Waals surface area contributed by atoms with Gasteiger partial charge in [0.15, 0.2) is 0 Å². The van der Waals surface area contributed by atoms with Gasteiger partial charge in [0.2, 0.25) is 0 Å². The van der Waals surface area contributed by atoms with Crippen LogP contribution in [0.25, 0.3) is 0 Å². The average molecular weight is 218 g/mol. The summed E-state index contributed by atoms with van der Waals surface area (Å²) in [6.07, 6.45) is 2.38. The topological polar surface area (TPSA) is 26.3 Å². The summed E-state index contributed by atoms with van der Waals surface area (Å²) in [7, 11) is 0. The first-order valence-electron chi connectivity index (χ1n) is 5.94.